The van der Waals surface area contributed by atoms with Crippen LogP contribution in [-0.2, 0) is 11.0 Å². The van der Waals surface area contributed by atoms with Crippen molar-refractivity contribution in [2.24, 2.45) is 0 Å². The van der Waals surface area contributed by atoms with E-state index >= 15 is 0 Å². The molecular formula is C14H15N2O5PS. The zero-order valence-electron chi connectivity index (χ0n) is 12.0. The highest BCUT2D eigenvalue weighted by atomic mass is 32.2. The van der Waals surface area contributed by atoms with Gasteiger partial charge in [-0.3, -0.25) is 10.1 Å². The summed E-state index contributed by atoms with van der Waals surface area (Å²) >= 11 is 1.66. The summed E-state index contributed by atoms with van der Waals surface area (Å²) < 4.78 is 5.15. The fraction of sp³-hybridized carbons (Fsp3) is 0.286. The first-order valence-corrected chi connectivity index (χ1v) is 9.46. The van der Waals surface area contributed by atoms with Crippen LogP contribution in [0.1, 0.15) is 5.56 Å². The molecule has 1 aliphatic heterocycles. The molecule has 7 nitrogen and oxygen atoms in total. The lowest BCUT2D eigenvalue weighted by Gasteiger charge is -2.11. The first-order chi connectivity index (χ1) is 11.0. The van der Waals surface area contributed by atoms with Gasteiger partial charge in [-0.2, -0.15) is 0 Å². The Morgan fingerprint density at radius 2 is 2.26 bits per heavy atom. The number of nitrogens with one attached hydrogen (secondary N) is 2. The van der Waals surface area contributed by atoms with E-state index in [1.807, 2.05) is 0 Å². The minimum absolute atomic E-state index is 0.00758. The van der Waals surface area contributed by atoms with Crippen LogP contribution >= 0.6 is 20.1 Å². The quantitative estimate of drug-likeness (QED) is 0.482. The van der Waals surface area contributed by atoms with Gasteiger partial charge in [0, 0.05) is 41.0 Å². The fourth-order valence-electron chi connectivity index (χ4n) is 2.38. The third kappa shape index (κ3) is 3.91. The van der Waals surface area contributed by atoms with Gasteiger partial charge in [-0.05, 0) is 17.7 Å². The highest BCUT2D eigenvalue weighted by Gasteiger charge is 2.22. The predicted molar refractivity (Wildman–Crippen MR) is 90.4 cm³/mol. The maximum atomic E-state index is 12.1. The Morgan fingerprint density at radius 3 is 2.96 bits per heavy atom. The van der Waals surface area contributed by atoms with Crippen LogP contribution in [0.2, 0.25) is 0 Å². The molecule has 0 radical (unpaired) electrons. The second-order valence-corrected chi connectivity index (χ2v) is 7.18. The monoisotopic (exact) mass is 354 g/mol. The van der Waals surface area contributed by atoms with E-state index < -0.39 is 14.0 Å². The van der Waals surface area contributed by atoms with Gasteiger partial charge in [0.2, 0.25) is 5.91 Å². The van der Waals surface area contributed by atoms with E-state index in [4.69, 9.17) is 4.42 Å². The molecule has 1 atom stereocenters. The van der Waals surface area contributed by atoms with Crippen molar-refractivity contribution in [2.75, 3.05) is 16.9 Å². The number of carbonyl (C=O) groups excluding carboxylic acids is 1. The summed E-state index contributed by atoms with van der Waals surface area (Å²) in [5.74, 6) is 1.33. The van der Waals surface area contributed by atoms with Gasteiger partial charge in [0.15, 0.2) is 8.38 Å². The van der Waals surface area contributed by atoms with Gasteiger partial charge in [-0.15, -0.1) is 11.8 Å². The van der Waals surface area contributed by atoms with Gasteiger partial charge in [0.05, 0.1) is 6.04 Å². The predicted octanol–water partition coefficient (Wildman–Crippen LogP) is 1.19. The van der Waals surface area contributed by atoms with Crippen molar-refractivity contribution in [3.05, 3.63) is 40.2 Å². The number of hydrogen-bond donors (Lipinski definition) is 4. The normalized spacial score (nSPS) is 17.8. The number of thioether (sulfide) groups is 1. The summed E-state index contributed by atoms with van der Waals surface area (Å²) in [6.07, 6.45) is -0.00758. The van der Waals surface area contributed by atoms with Crippen molar-refractivity contribution in [3.63, 3.8) is 0 Å². The van der Waals surface area contributed by atoms with Crippen molar-refractivity contribution >= 4 is 42.7 Å². The Morgan fingerprint density at radius 1 is 1.43 bits per heavy atom. The Bertz CT molecular complexity index is 788. The van der Waals surface area contributed by atoms with Crippen LogP contribution < -0.4 is 16.3 Å². The molecule has 0 saturated carbocycles. The molecule has 1 unspecified atom stereocenters. The van der Waals surface area contributed by atoms with E-state index in [1.54, 1.807) is 30.0 Å². The fourth-order valence-corrected chi connectivity index (χ4v) is 3.89. The van der Waals surface area contributed by atoms with Gasteiger partial charge < -0.3 is 19.5 Å². The van der Waals surface area contributed by atoms with E-state index in [9.17, 15) is 19.4 Å². The van der Waals surface area contributed by atoms with E-state index in [-0.39, 0.29) is 18.1 Å². The van der Waals surface area contributed by atoms with Crippen molar-refractivity contribution in [1.29, 1.82) is 0 Å². The van der Waals surface area contributed by atoms with E-state index in [0.717, 1.165) is 11.6 Å². The van der Waals surface area contributed by atoms with Crippen molar-refractivity contribution in [3.8, 4) is 0 Å². The highest BCUT2D eigenvalue weighted by molar-refractivity contribution is 7.99. The molecule has 1 amide bonds. The molecule has 1 aliphatic rings. The second kappa shape index (κ2) is 6.98. The summed E-state index contributed by atoms with van der Waals surface area (Å²) in [7, 11) is -2.15. The number of anilines is 1. The van der Waals surface area contributed by atoms with Crippen LogP contribution in [0.15, 0.2) is 33.5 Å². The Labute approximate surface area is 137 Å². The summed E-state index contributed by atoms with van der Waals surface area (Å²) in [5, 5.41) is 6.48. The maximum absolute atomic E-state index is 12.1. The minimum Gasteiger partial charge on any atom is -0.423 e. The lowest BCUT2D eigenvalue weighted by Crippen LogP contribution is -2.37. The van der Waals surface area contributed by atoms with E-state index in [2.05, 4.69) is 10.6 Å². The van der Waals surface area contributed by atoms with E-state index in [1.165, 1.54) is 6.07 Å². The molecule has 0 spiro atoms. The zero-order valence-corrected chi connectivity index (χ0v) is 13.7. The lowest BCUT2D eigenvalue weighted by atomic mass is 10.1. The SMILES string of the molecule is O=C(Nc1ccc2c(CP(O)O)cc(=O)oc2c1)C1CSCN1. The van der Waals surface area contributed by atoms with E-state index in [0.29, 0.717) is 22.2 Å². The molecule has 122 valence electrons. The molecule has 1 aromatic heterocycles. The van der Waals surface area contributed by atoms with Crippen molar-refractivity contribution in [2.45, 2.75) is 12.2 Å². The van der Waals surface area contributed by atoms with Gasteiger partial charge in [0.25, 0.3) is 0 Å². The molecule has 1 aromatic carbocycles. The number of benzene rings is 1. The van der Waals surface area contributed by atoms with Crippen LogP contribution in [0.25, 0.3) is 11.0 Å². The standard InChI is InChI=1S/C14H15N2O5PS/c17-13-3-8(5-22(19)20)10-2-1-9(4-12(10)21-13)16-14(18)11-6-23-7-15-11/h1-4,11,15,19-20H,5-7H2,(H,16,18). The average Bonchev–Trinajstić information content (AvgIpc) is 3.00. The molecule has 0 bridgehead atoms. The van der Waals surface area contributed by atoms with Crippen LogP contribution in [0.4, 0.5) is 5.69 Å². The molecule has 1 saturated heterocycles. The van der Waals surface area contributed by atoms with Gasteiger partial charge >= 0.3 is 5.63 Å². The molecule has 2 aromatic rings. The maximum Gasteiger partial charge on any atom is 0.336 e. The largest absolute Gasteiger partial charge is 0.423 e. The summed E-state index contributed by atoms with van der Waals surface area (Å²) in [4.78, 5) is 42.0. The third-order valence-corrected chi connectivity index (χ3v) is 5.01. The first kappa shape index (κ1) is 16.4. The Kier molecular flexibility index (Phi) is 4.99. The summed E-state index contributed by atoms with van der Waals surface area (Å²) in [6.45, 7) is 0. The first-order valence-electron chi connectivity index (χ1n) is 6.87. The zero-order chi connectivity index (χ0) is 16.4. The highest BCUT2D eigenvalue weighted by Crippen LogP contribution is 2.32. The summed E-state index contributed by atoms with van der Waals surface area (Å²) in [6, 6.07) is 5.97. The van der Waals surface area contributed by atoms with Crippen LogP contribution in [-0.4, -0.2) is 33.4 Å². The Balaban J connectivity index is 1.89. The molecule has 1 fully saturated rings. The number of amides is 1. The number of rotatable bonds is 4. The second-order valence-electron chi connectivity index (χ2n) is 5.09. The smallest absolute Gasteiger partial charge is 0.336 e. The lowest BCUT2D eigenvalue weighted by molar-refractivity contribution is -0.117. The van der Waals surface area contributed by atoms with Crippen molar-refractivity contribution < 1.29 is 19.0 Å². The molecule has 2 heterocycles. The molecule has 23 heavy (non-hydrogen) atoms. The van der Waals surface area contributed by atoms with Crippen molar-refractivity contribution in [1.82, 2.24) is 5.32 Å². The van der Waals surface area contributed by atoms with Gasteiger partial charge in [-0.25, -0.2) is 4.79 Å². The number of hydrogen-bond acceptors (Lipinski definition) is 7. The topological polar surface area (TPSA) is 112 Å². The molecular weight excluding hydrogens is 339 g/mol. The summed E-state index contributed by atoms with van der Waals surface area (Å²) in [5.41, 5.74) is 0.772. The Hall–Kier alpha value is -1.44. The van der Waals surface area contributed by atoms with Crippen LogP contribution in [0, 0.1) is 0 Å². The number of fused-ring (bicyclic) bond motifs is 1. The molecule has 0 aliphatic carbocycles. The van der Waals surface area contributed by atoms with Crippen LogP contribution in [0.3, 0.4) is 0 Å². The van der Waals surface area contributed by atoms with Crippen LogP contribution in [0.5, 0.6) is 0 Å². The average molecular weight is 354 g/mol. The molecule has 9 heteroatoms. The molecule has 3 rings (SSSR count). The van der Waals surface area contributed by atoms with Gasteiger partial charge in [0.1, 0.15) is 5.58 Å². The molecule has 4 N–H and O–H groups in total. The third-order valence-electron chi connectivity index (χ3n) is 3.44. The minimum atomic E-state index is -2.15. The number of carbonyl (C=O) groups is 1. The van der Waals surface area contributed by atoms with Gasteiger partial charge in [-0.1, -0.05) is 0 Å².